The maximum absolute atomic E-state index is 13.7. The summed E-state index contributed by atoms with van der Waals surface area (Å²) in [7, 11) is 3.09. The molecule has 0 spiro atoms. The molecule has 7 heteroatoms. The number of methoxy groups -OCH3 is 2. The van der Waals surface area contributed by atoms with Gasteiger partial charge < -0.3 is 19.7 Å². The second-order valence-electron chi connectivity index (χ2n) is 8.17. The van der Waals surface area contributed by atoms with Crippen LogP contribution in [-0.2, 0) is 4.79 Å². The van der Waals surface area contributed by atoms with Crippen molar-refractivity contribution in [2.45, 2.75) is 37.7 Å². The highest BCUT2D eigenvalue weighted by Crippen LogP contribution is 2.42. The first-order valence-electron chi connectivity index (χ1n) is 9.78. The van der Waals surface area contributed by atoms with Crippen molar-refractivity contribution in [3.63, 3.8) is 0 Å². The first kappa shape index (κ1) is 22.0. The second-order valence-corrected chi connectivity index (χ2v) is 9.28. The average molecular weight is 429 g/mol. The zero-order valence-electron chi connectivity index (χ0n) is 18.0. The SMILES string of the molecule is COc1cc(OC)cc(C(=O)N2C(C(=O)NC(C)(C)C)CSC2c2ccccc2)c1. The quantitative estimate of drug-likeness (QED) is 0.783. The molecule has 2 unspecified atom stereocenters. The first-order chi connectivity index (χ1) is 14.2. The van der Waals surface area contributed by atoms with Crippen LogP contribution in [0, 0.1) is 0 Å². The van der Waals surface area contributed by atoms with Gasteiger partial charge in [0.05, 0.1) is 14.2 Å². The number of hydrogen-bond donors (Lipinski definition) is 1. The van der Waals surface area contributed by atoms with Crippen molar-refractivity contribution in [1.82, 2.24) is 10.2 Å². The number of ether oxygens (including phenoxy) is 2. The van der Waals surface area contributed by atoms with Crippen LogP contribution in [0.3, 0.4) is 0 Å². The van der Waals surface area contributed by atoms with Crippen molar-refractivity contribution >= 4 is 23.6 Å². The van der Waals surface area contributed by atoms with Gasteiger partial charge in [0.1, 0.15) is 22.9 Å². The molecule has 1 heterocycles. The van der Waals surface area contributed by atoms with E-state index in [-0.39, 0.29) is 22.7 Å². The van der Waals surface area contributed by atoms with Crippen LogP contribution < -0.4 is 14.8 Å². The minimum absolute atomic E-state index is 0.156. The summed E-state index contributed by atoms with van der Waals surface area (Å²) in [6, 6.07) is 14.3. The van der Waals surface area contributed by atoms with E-state index in [1.54, 1.807) is 49.1 Å². The van der Waals surface area contributed by atoms with E-state index >= 15 is 0 Å². The van der Waals surface area contributed by atoms with E-state index < -0.39 is 6.04 Å². The first-order valence-corrected chi connectivity index (χ1v) is 10.8. The van der Waals surface area contributed by atoms with Gasteiger partial charge in [-0.05, 0) is 38.5 Å². The third-order valence-electron chi connectivity index (χ3n) is 4.72. The number of nitrogens with one attached hydrogen (secondary N) is 1. The summed E-state index contributed by atoms with van der Waals surface area (Å²) in [5.74, 6) is 1.18. The topological polar surface area (TPSA) is 67.9 Å². The molecule has 2 atom stereocenters. The lowest BCUT2D eigenvalue weighted by molar-refractivity contribution is -0.126. The van der Waals surface area contributed by atoms with Gasteiger partial charge >= 0.3 is 0 Å². The normalized spacial score (nSPS) is 18.8. The summed E-state index contributed by atoms with van der Waals surface area (Å²) in [6.45, 7) is 5.79. The van der Waals surface area contributed by atoms with Crippen LogP contribution in [0.2, 0.25) is 0 Å². The van der Waals surface area contributed by atoms with Crippen molar-refractivity contribution in [3.05, 3.63) is 59.7 Å². The number of hydrogen-bond acceptors (Lipinski definition) is 5. The molecule has 2 aromatic rings. The van der Waals surface area contributed by atoms with Crippen molar-refractivity contribution in [2.75, 3.05) is 20.0 Å². The number of nitrogens with zero attached hydrogens (tertiary/aromatic N) is 1. The fourth-order valence-corrected chi connectivity index (χ4v) is 4.79. The predicted octanol–water partition coefficient (Wildman–Crippen LogP) is 3.87. The molecule has 0 saturated carbocycles. The van der Waals surface area contributed by atoms with Gasteiger partial charge in [-0.25, -0.2) is 0 Å². The standard InChI is InChI=1S/C23H28N2O4S/c1-23(2,3)24-20(26)19-14-30-22(15-9-7-6-8-10-15)25(19)21(27)16-11-17(28-4)13-18(12-16)29-5/h6-13,19,22H,14H2,1-5H3,(H,24,26). The van der Waals surface area contributed by atoms with Crippen LogP contribution in [0.5, 0.6) is 11.5 Å². The second kappa shape index (κ2) is 9.00. The lowest BCUT2D eigenvalue weighted by Crippen LogP contribution is -2.52. The smallest absolute Gasteiger partial charge is 0.256 e. The van der Waals surface area contributed by atoms with Gasteiger partial charge in [0.15, 0.2) is 0 Å². The number of carbonyl (C=O) groups is 2. The Bertz CT molecular complexity index is 889. The monoisotopic (exact) mass is 428 g/mol. The zero-order valence-corrected chi connectivity index (χ0v) is 18.8. The van der Waals surface area contributed by atoms with E-state index in [1.165, 1.54) is 0 Å². The van der Waals surface area contributed by atoms with E-state index in [0.717, 1.165) is 5.56 Å². The average Bonchev–Trinajstić information content (AvgIpc) is 3.17. The molecule has 1 N–H and O–H groups in total. The fourth-order valence-electron chi connectivity index (χ4n) is 3.36. The van der Waals surface area contributed by atoms with Gasteiger partial charge in [-0.2, -0.15) is 0 Å². The molecular weight excluding hydrogens is 400 g/mol. The summed E-state index contributed by atoms with van der Waals surface area (Å²) in [5, 5.41) is 2.76. The number of rotatable bonds is 5. The maximum atomic E-state index is 13.7. The van der Waals surface area contributed by atoms with Crippen molar-refractivity contribution in [2.24, 2.45) is 0 Å². The highest BCUT2D eigenvalue weighted by molar-refractivity contribution is 7.99. The Morgan fingerprint density at radius 2 is 1.63 bits per heavy atom. The minimum Gasteiger partial charge on any atom is -0.497 e. The van der Waals surface area contributed by atoms with Gasteiger partial charge in [-0.15, -0.1) is 11.8 Å². The highest BCUT2D eigenvalue weighted by atomic mass is 32.2. The Kier molecular flexibility index (Phi) is 6.61. The third-order valence-corrected chi connectivity index (χ3v) is 6.04. The van der Waals surface area contributed by atoms with Crippen LogP contribution in [0.25, 0.3) is 0 Å². The van der Waals surface area contributed by atoms with Gasteiger partial charge in [-0.1, -0.05) is 30.3 Å². The molecule has 160 valence electrons. The summed E-state index contributed by atoms with van der Waals surface area (Å²) in [4.78, 5) is 28.4. The Labute approximate surface area is 181 Å². The van der Waals surface area contributed by atoms with Crippen LogP contribution in [0.15, 0.2) is 48.5 Å². The van der Waals surface area contributed by atoms with Crippen LogP contribution in [-0.4, -0.2) is 48.3 Å². The number of benzene rings is 2. The molecule has 2 amide bonds. The lowest BCUT2D eigenvalue weighted by atomic mass is 10.1. The molecule has 0 aliphatic carbocycles. The molecule has 0 bridgehead atoms. The Hall–Kier alpha value is -2.67. The molecule has 3 rings (SSSR count). The molecule has 30 heavy (non-hydrogen) atoms. The molecule has 1 aliphatic heterocycles. The van der Waals surface area contributed by atoms with E-state index in [4.69, 9.17) is 9.47 Å². The molecular formula is C23H28N2O4S. The molecule has 1 aliphatic rings. The maximum Gasteiger partial charge on any atom is 0.256 e. The summed E-state index contributed by atoms with van der Waals surface area (Å²) in [5.41, 5.74) is 1.01. The molecule has 0 aromatic heterocycles. The van der Waals surface area contributed by atoms with Gasteiger partial charge in [0.25, 0.3) is 5.91 Å². The third kappa shape index (κ3) is 4.90. The van der Waals surface area contributed by atoms with Crippen LogP contribution in [0.4, 0.5) is 0 Å². The van der Waals surface area contributed by atoms with Crippen molar-refractivity contribution in [3.8, 4) is 11.5 Å². The number of thioether (sulfide) groups is 1. The molecule has 2 aromatic carbocycles. The minimum atomic E-state index is -0.580. The largest absolute Gasteiger partial charge is 0.497 e. The van der Waals surface area contributed by atoms with Gasteiger partial charge in [0, 0.05) is 22.9 Å². The molecule has 1 fully saturated rings. The number of carbonyl (C=O) groups excluding carboxylic acids is 2. The zero-order chi connectivity index (χ0) is 21.9. The molecule has 1 saturated heterocycles. The van der Waals surface area contributed by atoms with Crippen LogP contribution >= 0.6 is 11.8 Å². The van der Waals surface area contributed by atoms with Crippen LogP contribution in [0.1, 0.15) is 42.1 Å². The summed E-state index contributed by atoms with van der Waals surface area (Å²) >= 11 is 1.59. The van der Waals surface area contributed by atoms with Crippen molar-refractivity contribution < 1.29 is 19.1 Å². The Balaban J connectivity index is 2.01. The predicted molar refractivity (Wildman–Crippen MR) is 119 cm³/mol. The van der Waals surface area contributed by atoms with E-state index in [9.17, 15) is 9.59 Å². The van der Waals surface area contributed by atoms with Gasteiger partial charge in [0.2, 0.25) is 5.91 Å². The highest BCUT2D eigenvalue weighted by Gasteiger charge is 2.43. The van der Waals surface area contributed by atoms with Crippen molar-refractivity contribution in [1.29, 1.82) is 0 Å². The van der Waals surface area contributed by atoms with E-state index in [1.807, 2.05) is 51.1 Å². The van der Waals surface area contributed by atoms with E-state index in [0.29, 0.717) is 22.8 Å². The number of amides is 2. The Morgan fingerprint density at radius 3 is 2.17 bits per heavy atom. The van der Waals surface area contributed by atoms with E-state index in [2.05, 4.69) is 5.32 Å². The lowest BCUT2D eigenvalue weighted by Gasteiger charge is -2.31. The van der Waals surface area contributed by atoms with Gasteiger partial charge in [-0.3, -0.25) is 9.59 Å². The summed E-state index contributed by atoms with van der Waals surface area (Å²) < 4.78 is 10.7. The fraction of sp³-hybridized carbons (Fsp3) is 0.391. The molecule has 6 nitrogen and oxygen atoms in total. The summed E-state index contributed by atoms with van der Waals surface area (Å²) in [6.07, 6.45) is 0. The molecule has 0 radical (unpaired) electrons. The Morgan fingerprint density at radius 1 is 1.03 bits per heavy atom.